The van der Waals surface area contributed by atoms with Gasteiger partial charge in [-0.1, -0.05) is 0 Å². The van der Waals surface area contributed by atoms with Gasteiger partial charge in [-0.25, -0.2) is 0 Å². The summed E-state index contributed by atoms with van der Waals surface area (Å²) in [7, 11) is 1.79. The first-order valence-corrected chi connectivity index (χ1v) is 6.73. The number of aromatic nitrogens is 4. The van der Waals surface area contributed by atoms with E-state index in [1.54, 1.807) is 7.05 Å². The number of hydrogen-bond donors (Lipinski definition) is 1. The minimum absolute atomic E-state index is 0.453. The van der Waals surface area contributed by atoms with Gasteiger partial charge in [0.2, 0.25) is 0 Å². The van der Waals surface area contributed by atoms with E-state index < -0.39 is 0 Å². The molecular weight excluding hydrogens is 234 g/mol. The number of tetrazole rings is 1. The van der Waals surface area contributed by atoms with Crippen LogP contribution in [0.5, 0.6) is 0 Å². The SMILES string of the molecule is Cn1nnc(CNC2CCCc3sccc32)n1. The van der Waals surface area contributed by atoms with Crippen molar-refractivity contribution >= 4 is 11.3 Å². The minimum atomic E-state index is 0.453. The van der Waals surface area contributed by atoms with Crippen LogP contribution in [0.1, 0.15) is 35.1 Å². The van der Waals surface area contributed by atoms with Crippen LogP contribution >= 0.6 is 11.3 Å². The number of nitrogens with zero attached hydrogens (tertiary/aromatic N) is 4. The van der Waals surface area contributed by atoms with E-state index in [4.69, 9.17) is 0 Å². The number of thiophene rings is 1. The van der Waals surface area contributed by atoms with Crippen LogP contribution in [0.15, 0.2) is 11.4 Å². The second-order valence-electron chi connectivity index (χ2n) is 4.32. The molecule has 0 fully saturated rings. The number of fused-ring (bicyclic) bond motifs is 1. The van der Waals surface area contributed by atoms with Crippen LogP contribution in [0, 0.1) is 0 Å². The highest BCUT2D eigenvalue weighted by molar-refractivity contribution is 7.10. The smallest absolute Gasteiger partial charge is 0.188 e. The zero-order valence-corrected chi connectivity index (χ0v) is 10.6. The van der Waals surface area contributed by atoms with Gasteiger partial charge in [-0.15, -0.1) is 21.5 Å². The Bertz CT molecular complexity index is 503. The zero-order chi connectivity index (χ0) is 11.7. The van der Waals surface area contributed by atoms with E-state index in [1.165, 1.54) is 34.5 Å². The topological polar surface area (TPSA) is 55.6 Å². The number of hydrogen-bond acceptors (Lipinski definition) is 5. The van der Waals surface area contributed by atoms with Crippen molar-refractivity contribution in [1.29, 1.82) is 0 Å². The molecule has 1 unspecified atom stereocenters. The van der Waals surface area contributed by atoms with Crippen LogP contribution in [0.2, 0.25) is 0 Å². The van der Waals surface area contributed by atoms with Crippen LogP contribution < -0.4 is 5.32 Å². The molecular formula is C11H15N5S. The number of rotatable bonds is 3. The van der Waals surface area contributed by atoms with Crippen LogP contribution in [0.4, 0.5) is 0 Å². The van der Waals surface area contributed by atoms with Gasteiger partial charge in [0.05, 0.1) is 13.6 Å². The van der Waals surface area contributed by atoms with Gasteiger partial charge in [-0.2, -0.15) is 4.80 Å². The van der Waals surface area contributed by atoms with E-state index in [-0.39, 0.29) is 0 Å². The Labute approximate surface area is 104 Å². The third kappa shape index (κ3) is 2.23. The molecule has 0 amide bonds. The Morgan fingerprint density at radius 2 is 2.53 bits per heavy atom. The van der Waals surface area contributed by atoms with E-state index >= 15 is 0 Å². The van der Waals surface area contributed by atoms with Crippen molar-refractivity contribution in [2.24, 2.45) is 7.05 Å². The Morgan fingerprint density at radius 1 is 1.59 bits per heavy atom. The maximum atomic E-state index is 4.17. The summed E-state index contributed by atoms with van der Waals surface area (Å²) in [5, 5.41) is 17.7. The van der Waals surface area contributed by atoms with Gasteiger partial charge in [-0.3, -0.25) is 0 Å². The summed E-state index contributed by atoms with van der Waals surface area (Å²) in [6, 6.07) is 2.69. The summed E-state index contributed by atoms with van der Waals surface area (Å²) in [5.41, 5.74) is 1.46. The molecule has 6 heteroatoms. The van der Waals surface area contributed by atoms with Crippen LogP contribution in [-0.4, -0.2) is 20.2 Å². The standard InChI is InChI=1S/C11H15N5S/c1-16-14-11(13-15-16)7-12-9-3-2-4-10-8(9)5-6-17-10/h5-6,9,12H,2-4,7H2,1H3. The van der Waals surface area contributed by atoms with Crippen LogP contribution in [0.3, 0.4) is 0 Å². The molecule has 2 aromatic heterocycles. The summed E-state index contributed by atoms with van der Waals surface area (Å²) < 4.78 is 0. The van der Waals surface area contributed by atoms with E-state index in [0.29, 0.717) is 12.6 Å². The lowest BCUT2D eigenvalue weighted by Gasteiger charge is -2.23. The van der Waals surface area contributed by atoms with E-state index in [2.05, 4.69) is 32.2 Å². The molecule has 1 aliphatic carbocycles. The lowest BCUT2D eigenvalue weighted by Crippen LogP contribution is -2.24. The highest BCUT2D eigenvalue weighted by Gasteiger charge is 2.20. The first kappa shape index (κ1) is 10.9. The average molecular weight is 249 g/mol. The molecule has 90 valence electrons. The maximum Gasteiger partial charge on any atom is 0.188 e. The van der Waals surface area contributed by atoms with Gasteiger partial charge < -0.3 is 5.32 Å². The lowest BCUT2D eigenvalue weighted by atomic mass is 9.94. The molecule has 1 aliphatic rings. The van der Waals surface area contributed by atoms with Crippen LogP contribution in [-0.2, 0) is 20.0 Å². The molecule has 0 aliphatic heterocycles. The molecule has 1 N–H and O–H groups in total. The molecule has 0 spiro atoms. The molecule has 0 radical (unpaired) electrons. The zero-order valence-electron chi connectivity index (χ0n) is 9.76. The van der Waals surface area contributed by atoms with Gasteiger partial charge in [0.25, 0.3) is 0 Å². The van der Waals surface area contributed by atoms with Gasteiger partial charge in [0.15, 0.2) is 5.82 Å². The summed E-state index contributed by atoms with van der Waals surface area (Å²) in [5.74, 6) is 0.759. The summed E-state index contributed by atoms with van der Waals surface area (Å²) >= 11 is 1.87. The highest BCUT2D eigenvalue weighted by Crippen LogP contribution is 2.33. The molecule has 0 aromatic carbocycles. The third-order valence-electron chi connectivity index (χ3n) is 3.11. The molecule has 0 bridgehead atoms. The van der Waals surface area contributed by atoms with Crippen molar-refractivity contribution in [3.8, 4) is 0 Å². The fraction of sp³-hybridized carbons (Fsp3) is 0.545. The Hall–Kier alpha value is -1.27. The van der Waals surface area contributed by atoms with Gasteiger partial charge in [0, 0.05) is 10.9 Å². The van der Waals surface area contributed by atoms with Crippen molar-refractivity contribution in [1.82, 2.24) is 25.5 Å². The van der Waals surface area contributed by atoms with Crippen molar-refractivity contribution < 1.29 is 0 Å². The van der Waals surface area contributed by atoms with Crippen molar-refractivity contribution in [3.05, 3.63) is 27.7 Å². The monoisotopic (exact) mass is 249 g/mol. The van der Waals surface area contributed by atoms with Crippen molar-refractivity contribution in [2.45, 2.75) is 31.8 Å². The Kier molecular flexibility index (Phi) is 2.90. The molecule has 0 saturated heterocycles. The third-order valence-corrected chi connectivity index (χ3v) is 4.10. The first-order valence-electron chi connectivity index (χ1n) is 5.85. The second kappa shape index (κ2) is 4.54. The molecule has 2 aromatic rings. The largest absolute Gasteiger partial charge is 0.303 e. The Morgan fingerprint density at radius 3 is 3.35 bits per heavy atom. The van der Waals surface area contributed by atoms with Gasteiger partial charge >= 0.3 is 0 Å². The fourth-order valence-corrected chi connectivity index (χ4v) is 3.29. The highest BCUT2D eigenvalue weighted by atomic mass is 32.1. The maximum absolute atomic E-state index is 4.17. The lowest BCUT2D eigenvalue weighted by molar-refractivity contribution is 0.456. The second-order valence-corrected chi connectivity index (χ2v) is 5.32. The molecule has 17 heavy (non-hydrogen) atoms. The summed E-state index contributed by atoms with van der Waals surface area (Å²) in [4.78, 5) is 3.02. The van der Waals surface area contributed by atoms with Gasteiger partial charge in [-0.05, 0) is 41.5 Å². The Balaban J connectivity index is 1.67. The quantitative estimate of drug-likeness (QED) is 0.894. The van der Waals surface area contributed by atoms with E-state index in [9.17, 15) is 0 Å². The molecule has 0 saturated carbocycles. The molecule has 5 nitrogen and oxygen atoms in total. The predicted octanol–water partition coefficient (Wildman–Crippen LogP) is 1.44. The summed E-state index contributed by atoms with van der Waals surface area (Å²) in [6.07, 6.45) is 3.69. The summed E-state index contributed by atoms with van der Waals surface area (Å²) in [6.45, 7) is 0.688. The van der Waals surface area contributed by atoms with Gasteiger partial charge in [0.1, 0.15) is 0 Å². The van der Waals surface area contributed by atoms with Crippen molar-refractivity contribution in [2.75, 3.05) is 0 Å². The molecule has 1 atom stereocenters. The molecule has 2 heterocycles. The van der Waals surface area contributed by atoms with Crippen molar-refractivity contribution in [3.63, 3.8) is 0 Å². The predicted molar refractivity (Wildman–Crippen MR) is 65.6 cm³/mol. The first-order chi connectivity index (χ1) is 8.33. The number of aryl methyl sites for hydroxylation is 2. The normalized spacial score (nSPS) is 19.2. The fourth-order valence-electron chi connectivity index (χ4n) is 2.31. The molecule has 3 rings (SSSR count). The van der Waals surface area contributed by atoms with Crippen LogP contribution in [0.25, 0.3) is 0 Å². The van der Waals surface area contributed by atoms with E-state index in [0.717, 1.165) is 5.82 Å². The average Bonchev–Trinajstić information content (AvgIpc) is 2.94. The number of nitrogens with one attached hydrogen (secondary N) is 1. The van der Waals surface area contributed by atoms with E-state index in [1.807, 2.05) is 11.3 Å². The minimum Gasteiger partial charge on any atom is -0.303 e.